The van der Waals surface area contributed by atoms with Crippen LogP contribution in [0.1, 0.15) is 55.1 Å². The van der Waals surface area contributed by atoms with Crippen LogP contribution in [0.3, 0.4) is 0 Å². The third-order valence-corrected chi connectivity index (χ3v) is 3.01. The maximum Gasteiger partial charge on any atom is 0.170 e. The number of carbonyl (C=O) groups is 2. The first kappa shape index (κ1) is 13.6. The molecule has 0 N–H and O–H groups in total. The quantitative estimate of drug-likeness (QED) is 0.556. The van der Waals surface area contributed by atoms with Crippen molar-refractivity contribution in [3.63, 3.8) is 0 Å². The lowest BCUT2D eigenvalue weighted by atomic mass is 9.95. The van der Waals surface area contributed by atoms with Crippen LogP contribution in [0.2, 0.25) is 0 Å². The van der Waals surface area contributed by atoms with E-state index in [2.05, 4.69) is 13.0 Å². The van der Waals surface area contributed by atoms with E-state index in [1.807, 2.05) is 19.1 Å². The van der Waals surface area contributed by atoms with Gasteiger partial charge in [-0.05, 0) is 24.0 Å². The van der Waals surface area contributed by atoms with E-state index in [9.17, 15) is 9.59 Å². The molecular formula is C15H20O2. The van der Waals surface area contributed by atoms with Gasteiger partial charge in [0, 0.05) is 12.0 Å². The molecule has 0 fully saturated rings. The van der Waals surface area contributed by atoms with Crippen LogP contribution in [0, 0.1) is 0 Å². The van der Waals surface area contributed by atoms with Crippen LogP contribution >= 0.6 is 0 Å². The summed E-state index contributed by atoms with van der Waals surface area (Å²) in [5.74, 6) is -0.0343. The van der Waals surface area contributed by atoms with Gasteiger partial charge in [-0.15, -0.1) is 0 Å². The number of aryl methyl sites for hydroxylation is 2. The molecule has 0 unspecified atom stereocenters. The van der Waals surface area contributed by atoms with Gasteiger partial charge in [-0.1, -0.05) is 39.0 Å². The van der Waals surface area contributed by atoms with Gasteiger partial charge in [0.05, 0.1) is 6.42 Å². The Morgan fingerprint density at radius 1 is 1.06 bits per heavy atom. The van der Waals surface area contributed by atoms with Crippen molar-refractivity contribution in [2.45, 2.75) is 46.5 Å². The first-order valence-corrected chi connectivity index (χ1v) is 6.29. The van der Waals surface area contributed by atoms with E-state index >= 15 is 0 Å². The normalized spacial score (nSPS) is 10.3. The molecule has 0 spiro atoms. The Bertz CT molecular complexity index is 419. The van der Waals surface area contributed by atoms with Crippen LogP contribution in [0.25, 0.3) is 0 Å². The van der Waals surface area contributed by atoms with Crippen molar-refractivity contribution in [1.29, 1.82) is 0 Å². The fourth-order valence-electron chi connectivity index (χ4n) is 1.83. The molecule has 17 heavy (non-hydrogen) atoms. The second kappa shape index (κ2) is 6.33. The number of rotatable bonds is 6. The molecule has 0 aliphatic carbocycles. The van der Waals surface area contributed by atoms with Crippen molar-refractivity contribution in [3.8, 4) is 0 Å². The molecule has 0 radical (unpaired) electrons. The second-order valence-corrected chi connectivity index (χ2v) is 4.19. The van der Waals surface area contributed by atoms with Crippen LogP contribution in [0.4, 0.5) is 0 Å². The average molecular weight is 232 g/mol. The Hall–Kier alpha value is -1.44. The van der Waals surface area contributed by atoms with Crippen molar-refractivity contribution >= 4 is 11.6 Å². The third-order valence-electron chi connectivity index (χ3n) is 3.01. The topological polar surface area (TPSA) is 34.1 Å². The number of ketones is 2. The highest BCUT2D eigenvalue weighted by atomic mass is 16.1. The first-order valence-electron chi connectivity index (χ1n) is 6.29. The summed E-state index contributed by atoms with van der Waals surface area (Å²) in [5, 5.41) is 0. The van der Waals surface area contributed by atoms with Crippen LogP contribution in [0.15, 0.2) is 18.2 Å². The van der Waals surface area contributed by atoms with Gasteiger partial charge >= 0.3 is 0 Å². The summed E-state index contributed by atoms with van der Waals surface area (Å²) in [5.41, 5.74) is 3.00. The Kier molecular flexibility index (Phi) is 5.08. The van der Waals surface area contributed by atoms with Crippen molar-refractivity contribution in [1.82, 2.24) is 0 Å². The molecule has 2 nitrogen and oxygen atoms in total. The molecule has 0 heterocycles. The van der Waals surface area contributed by atoms with E-state index < -0.39 is 0 Å². The minimum atomic E-state index is -0.0450. The van der Waals surface area contributed by atoms with E-state index in [4.69, 9.17) is 0 Å². The fraction of sp³-hybridized carbons (Fsp3) is 0.467. The monoisotopic (exact) mass is 232 g/mol. The highest BCUT2D eigenvalue weighted by Gasteiger charge is 2.13. The third kappa shape index (κ3) is 3.52. The predicted octanol–water partition coefficient (Wildman–Crippen LogP) is 3.36. The molecule has 2 heteroatoms. The minimum Gasteiger partial charge on any atom is -0.299 e. The predicted molar refractivity (Wildman–Crippen MR) is 69.4 cm³/mol. The lowest BCUT2D eigenvalue weighted by Crippen LogP contribution is -2.09. The molecule has 0 aromatic heterocycles. The highest BCUT2D eigenvalue weighted by Crippen LogP contribution is 2.16. The summed E-state index contributed by atoms with van der Waals surface area (Å²) in [6.45, 7) is 5.92. The summed E-state index contributed by atoms with van der Waals surface area (Å²) in [4.78, 5) is 23.3. The molecule has 0 bridgehead atoms. The lowest BCUT2D eigenvalue weighted by molar-refractivity contribution is -0.117. The first-order chi connectivity index (χ1) is 8.12. The maximum absolute atomic E-state index is 12.0. The molecule has 0 saturated carbocycles. The highest BCUT2D eigenvalue weighted by molar-refractivity contribution is 6.08. The standard InChI is InChI=1S/C15H20O2/c1-4-11-7-8-14(12(5-2)9-11)15(17)10-13(16)6-3/h7-9H,4-6,10H2,1-3H3. The Labute approximate surface area is 103 Å². The van der Waals surface area contributed by atoms with Gasteiger partial charge in [-0.3, -0.25) is 9.59 Å². The summed E-state index contributed by atoms with van der Waals surface area (Å²) < 4.78 is 0. The molecule has 1 rings (SSSR count). The molecule has 0 amide bonds. The van der Waals surface area contributed by atoms with Crippen molar-refractivity contribution < 1.29 is 9.59 Å². The summed E-state index contributed by atoms with van der Waals surface area (Å²) in [7, 11) is 0. The van der Waals surface area contributed by atoms with Gasteiger partial charge in [0.1, 0.15) is 5.78 Å². The lowest BCUT2D eigenvalue weighted by Gasteiger charge is -2.08. The number of benzene rings is 1. The smallest absolute Gasteiger partial charge is 0.170 e. The number of Topliss-reactive ketones (excluding diaryl/α,β-unsaturated/α-hetero) is 2. The van der Waals surface area contributed by atoms with Crippen LogP contribution in [-0.4, -0.2) is 11.6 Å². The molecule has 0 aliphatic heterocycles. The number of carbonyl (C=O) groups excluding carboxylic acids is 2. The van der Waals surface area contributed by atoms with E-state index in [1.165, 1.54) is 5.56 Å². The molecule has 0 saturated heterocycles. The van der Waals surface area contributed by atoms with Crippen molar-refractivity contribution in [3.05, 3.63) is 34.9 Å². The van der Waals surface area contributed by atoms with Gasteiger partial charge in [0.25, 0.3) is 0 Å². The second-order valence-electron chi connectivity index (χ2n) is 4.19. The van der Waals surface area contributed by atoms with Gasteiger partial charge in [0.15, 0.2) is 5.78 Å². The molecule has 1 aromatic carbocycles. The summed E-state index contributed by atoms with van der Waals surface area (Å²) in [6.07, 6.45) is 2.26. The Morgan fingerprint density at radius 2 is 1.76 bits per heavy atom. The molecule has 1 aromatic rings. The molecule has 0 aliphatic rings. The summed E-state index contributed by atoms with van der Waals surface area (Å²) in [6, 6.07) is 5.91. The molecule has 0 atom stereocenters. The summed E-state index contributed by atoms with van der Waals surface area (Å²) >= 11 is 0. The van der Waals surface area contributed by atoms with Gasteiger partial charge in [-0.2, -0.15) is 0 Å². The van der Waals surface area contributed by atoms with E-state index in [0.29, 0.717) is 12.0 Å². The van der Waals surface area contributed by atoms with Gasteiger partial charge < -0.3 is 0 Å². The van der Waals surface area contributed by atoms with Crippen LogP contribution in [-0.2, 0) is 17.6 Å². The van der Waals surface area contributed by atoms with E-state index in [-0.39, 0.29) is 18.0 Å². The fourth-order valence-corrected chi connectivity index (χ4v) is 1.83. The average Bonchev–Trinajstić information content (AvgIpc) is 2.37. The molecular weight excluding hydrogens is 212 g/mol. The van der Waals surface area contributed by atoms with Crippen LogP contribution < -0.4 is 0 Å². The zero-order valence-corrected chi connectivity index (χ0v) is 10.9. The Morgan fingerprint density at radius 3 is 2.29 bits per heavy atom. The van der Waals surface area contributed by atoms with Crippen molar-refractivity contribution in [2.24, 2.45) is 0 Å². The minimum absolute atomic E-state index is 0.0108. The van der Waals surface area contributed by atoms with E-state index in [1.54, 1.807) is 6.92 Å². The van der Waals surface area contributed by atoms with Crippen LogP contribution in [0.5, 0.6) is 0 Å². The Balaban J connectivity index is 2.96. The number of hydrogen-bond acceptors (Lipinski definition) is 2. The maximum atomic E-state index is 12.0. The van der Waals surface area contributed by atoms with E-state index in [0.717, 1.165) is 18.4 Å². The van der Waals surface area contributed by atoms with Gasteiger partial charge in [0.2, 0.25) is 0 Å². The zero-order valence-electron chi connectivity index (χ0n) is 10.9. The van der Waals surface area contributed by atoms with Gasteiger partial charge in [-0.25, -0.2) is 0 Å². The zero-order chi connectivity index (χ0) is 12.8. The number of hydrogen-bond donors (Lipinski definition) is 0. The molecule has 92 valence electrons. The largest absolute Gasteiger partial charge is 0.299 e. The van der Waals surface area contributed by atoms with Crippen molar-refractivity contribution in [2.75, 3.05) is 0 Å². The SMILES string of the molecule is CCC(=O)CC(=O)c1ccc(CC)cc1CC.